The van der Waals surface area contributed by atoms with Crippen molar-refractivity contribution in [2.75, 3.05) is 18.4 Å². The zero-order valence-electron chi connectivity index (χ0n) is 13.8. The van der Waals surface area contributed by atoms with Crippen molar-refractivity contribution in [2.45, 2.75) is 18.7 Å². The van der Waals surface area contributed by atoms with Crippen LogP contribution in [0.1, 0.15) is 24.2 Å². The summed E-state index contributed by atoms with van der Waals surface area (Å²) in [6, 6.07) is 10.7. The van der Waals surface area contributed by atoms with E-state index in [1.165, 1.54) is 28.6 Å². The lowest BCUT2D eigenvalue weighted by atomic mass is 10.2. The normalized spacial score (nSPS) is 11.6. The third-order valence-electron chi connectivity index (χ3n) is 3.62. The highest BCUT2D eigenvalue weighted by Crippen LogP contribution is 2.24. The van der Waals surface area contributed by atoms with E-state index in [4.69, 9.17) is 23.2 Å². The summed E-state index contributed by atoms with van der Waals surface area (Å²) >= 11 is 11.8. The number of halogens is 2. The van der Waals surface area contributed by atoms with Gasteiger partial charge in [0, 0.05) is 24.3 Å². The minimum atomic E-state index is -3.59. The van der Waals surface area contributed by atoms with Gasteiger partial charge in [0.05, 0.1) is 14.9 Å². The fourth-order valence-corrected chi connectivity index (χ4v) is 4.09. The van der Waals surface area contributed by atoms with Crippen LogP contribution in [0.2, 0.25) is 10.0 Å². The van der Waals surface area contributed by atoms with Crippen LogP contribution in [0, 0.1) is 0 Å². The fourth-order valence-electron chi connectivity index (χ4n) is 2.29. The molecule has 0 aromatic heterocycles. The summed E-state index contributed by atoms with van der Waals surface area (Å²) in [7, 11) is -3.59. The number of anilines is 1. The molecular formula is C17H18Cl2N2O3S. The van der Waals surface area contributed by atoms with Gasteiger partial charge in [-0.2, -0.15) is 4.31 Å². The van der Waals surface area contributed by atoms with Gasteiger partial charge in [-0.25, -0.2) is 8.42 Å². The van der Waals surface area contributed by atoms with E-state index in [1.54, 1.807) is 32.0 Å². The van der Waals surface area contributed by atoms with E-state index in [-0.39, 0.29) is 9.92 Å². The van der Waals surface area contributed by atoms with E-state index in [0.717, 1.165) is 0 Å². The number of hydrogen-bond acceptors (Lipinski definition) is 3. The molecule has 1 amide bonds. The van der Waals surface area contributed by atoms with Crippen molar-refractivity contribution in [2.24, 2.45) is 0 Å². The first-order chi connectivity index (χ1) is 11.8. The summed E-state index contributed by atoms with van der Waals surface area (Å²) in [6.45, 7) is 4.30. The second kappa shape index (κ2) is 8.19. The molecule has 0 aliphatic rings. The molecule has 0 bridgehead atoms. The van der Waals surface area contributed by atoms with Crippen molar-refractivity contribution in [3.8, 4) is 0 Å². The summed E-state index contributed by atoms with van der Waals surface area (Å²) in [4.78, 5) is 12.4. The molecule has 2 aromatic rings. The van der Waals surface area contributed by atoms with Gasteiger partial charge in [-0.05, 0) is 36.4 Å². The first kappa shape index (κ1) is 19.7. The lowest BCUT2D eigenvalue weighted by molar-refractivity contribution is 0.102. The summed E-state index contributed by atoms with van der Waals surface area (Å²) < 4.78 is 26.5. The van der Waals surface area contributed by atoms with Crippen LogP contribution in [0.15, 0.2) is 47.4 Å². The minimum Gasteiger partial charge on any atom is -0.322 e. The smallest absolute Gasteiger partial charge is 0.255 e. The molecule has 25 heavy (non-hydrogen) atoms. The molecule has 0 fully saturated rings. The highest BCUT2D eigenvalue weighted by atomic mass is 35.5. The topological polar surface area (TPSA) is 66.5 Å². The Labute approximate surface area is 157 Å². The van der Waals surface area contributed by atoms with Gasteiger partial charge >= 0.3 is 0 Å². The molecule has 0 heterocycles. The number of carbonyl (C=O) groups is 1. The zero-order valence-corrected chi connectivity index (χ0v) is 16.1. The van der Waals surface area contributed by atoms with E-state index in [1.807, 2.05) is 0 Å². The molecule has 134 valence electrons. The first-order valence-corrected chi connectivity index (χ1v) is 9.85. The van der Waals surface area contributed by atoms with Crippen LogP contribution in [0.5, 0.6) is 0 Å². The zero-order chi connectivity index (χ0) is 18.6. The standard InChI is InChI=1S/C17H18Cl2N2O3S/c1-3-21(4-2)25(23,24)14-7-5-6-13(11-14)20-17(22)12-8-9-15(18)16(19)10-12/h5-11H,3-4H2,1-2H3,(H,20,22). The number of amides is 1. The Kier molecular flexibility index (Phi) is 6.46. The van der Waals surface area contributed by atoms with Gasteiger partial charge in [-0.3, -0.25) is 4.79 Å². The quantitative estimate of drug-likeness (QED) is 0.786. The van der Waals surface area contributed by atoms with Gasteiger partial charge in [0.2, 0.25) is 10.0 Å². The summed E-state index contributed by atoms with van der Waals surface area (Å²) in [5.41, 5.74) is 0.704. The van der Waals surface area contributed by atoms with E-state index in [0.29, 0.717) is 29.4 Å². The second-order valence-electron chi connectivity index (χ2n) is 5.20. The summed E-state index contributed by atoms with van der Waals surface area (Å²) in [5.74, 6) is -0.407. The van der Waals surface area contributed by atoms with Crippen LogP contribution in [-0.2, 0) is 10.0 Å². The van der Waals surface area contributed by atoms with Gasteiger partial charge in [0.15, 0.2) is 0 Å². The van der Waals surface area contributed by atoms with Crippen molar-refractivity contribution in [3.05, 3.63) is 58.1 Å². The molecule has 2 rings (SSSR count). The monoisotopic (exact) mass is 400 g/mol. The Morgan fingerprint density at radius 1 is 1.04 bits per heavy atom. The Balaban J connectivity index is 2.27. The van der Waals surface area contributed by atoms with E-state index < -0.39 is 15.9 Å². The SMILES string of the molecule is CCN(CC)S(=O)(=O)c1cccc(NC(=O)c2ccc(Cl)c(Cl)c2)c1. The molecule has 0 saturated carbocycles. The number of carbonyl (C=O) groups excluding carboxylic acids is 1. The number of benzene rings is 2. The van der Waals surface area contributed by atoms with Gasteiger partial charge in [0.25, 0.3) is 5.91 Å². The Bertz CT molecular complexity index is 881. The minimum absolute atomic E-state index is 0.128. The Morgan fingerprint density at radius 2 is 1.72 bits per heavy atom. The average Bonchev–Trinajstić information content (AvgIpc) is 2.58. The van der Waals surface area contributed by atoms with Crippen molar-refractivity contribution >= 4 is 44.8 Å². The highest BCUT2D eigenvalue weighted by Gasteiger charge is 2.22. The number of nitrogens with zero attached hydrogens (tertiary/aromatic N) is 1. The number of rotatable bonds is 6. The maximum Gasteiger partial charge on any atom is 0.255 e. The Hall–Kier alpha value is -1.60. The maximum atomic E-state index is 12.6. The van der Waals surface area contributed by atoms with Gasteiger partial charge < -0.3 is 5.32 Å². The molecule has 0 radical (unpaired) electrons. The van der Waals surface area contributed by atoms with Crippen LogP contribution in [0.3, 0.4) is 0 Å². The van der Waals surface area contributed by atoms with Crippen LogP contribution in [0.4, 0.5) is 5.69 Å². The lowest BCUT2D eigenvalue weighted by Crippen LogP contribution is -2.30. The van der Waals surface area contributed by atoms with Crippen LogP contribution in [0.25, 0.3) is 0 Å². The van der Waals surface area contributed by atoms with Gasteiger partial charge in [0.1, 0.15) is 0 Å². The van der Waals surface area contributed by atoms with Crippen LogP contribution < -0.4 is 5.32 Å². The molecule has 8 heteroatoms. The Morgan fingerprint density at radius 3 is 2.32 bits per heavy atom. The molecule has 0 atom stereocenters. The average molecular weight is 401 g/mol. The summed E-state index contributed by atoms with van der Waals surface area (Å²) in [6.07, 6.45) is 0. The van der Waals surface area contributed by atoms with Gasteiger partial charge in [-0.15, -0.1) is 0 Å². The van der Waals surface area contributed by atoms with Crippen molar-refractivity contribution < 1.29 is 13.2 Å². The van der Waals surface area contributed by atoms with Crippen LogP contribution in [-0.4, -0.2) is 31.7 Å². The molecule has 0 aliphatic carbocycles. The lowest BCUT2D eigenvalue weighted by Gasteiger charge is -2.18. The molecule has 1 N–H and O–H groups in total. The molecule has 0 spiro atoms. The van der Waals surface area contributed by atoms with E-state index in [2.05, 4.69) is 5.32 Å². The maximum absolute atomic E-state index is 12.6. The van der Waals surface area contributed by atoms with Crippen molar-refractivity contribution in [1.82, 2.24) is 4.31 Å². The molecule has 0 unspecified atom stereocenters. The molecule has 2 aromatic carbocycles. The number of nitrogens with one attached hydrogen (secondary N) is 1. The predicted octanol–water partition coefficient (Wildman–Crippen LogP) is 4.28. The fraction of sp³-hybridized carbons (Fsp3) is 0.235. The molecule has 5 nitrogen and oxygen atoms in total. The third-order valence-corrected chi connectivity index (χ3v) is 6.40. The van der Waals surface area contributed by atoms with Crippen LogP contribution >= 0.6 is 23.2 Å². The van der Waals surface area contributed by atoms with E-state index >= 15 is 0 Å². The van der Waals surface area contributed by atoms with Crippen molar-refractivity contribution in [3.63, 3.8) is 0 Å². The second-order valence-corrected chi connectivity index (χ2v) is 7.95. The van der Waals surface area contributed by atoms with E-state index in [9.17, 15) is 13.2 Å². The third kappa shape index (κ3) is 4.52. The molecular weight excluding hydrogens is 383 g/mol. The highest BCUT2D eigenvalue weighted by molar-refractivity contribution is 7.89. The first-order valence-electron chi connectivity index (χ1n) is 7.66. The van der Waals surface area contributed by atoms with Gasteiger partial charge in [-0.1, -0.05) is 43.1 Å². The molecule has 0 aliphatic heterocycles. The van der Waals surface area contributed by atoms with Crippen molar-refractivity contribution in [1.29, 1.82) is 0 Å². The number of sulfonamides is 1. The largest absolute Gasteiger partial charge is 0.322 e. The summed E-state index contributed by atoms with van der Waals surface area (Å²) in [5, 5.41) is 3.29. The molecule has 0 saturated heterocycles. The number of hydrogen-bond donors (Lipinski definition) is 1. The predicted molar refractivity (Wildman–Crippen MR) is 101 cm³/mol.